The second-order valence-corrected chi connectivity index (χ2v) is 8.40. The van der Waals surface area contributed by atoms with E-state index in [4.69, 9.17) is 11.6 Å². The molecule has 0 radical (unpaired) electrons. The molecule has 0 spiro atoms. The van der Waals surface area contributed by atoms with E-state index in [1.165, 1.54) is 11.5 Å². The first-order chi connectivity index (χ1) is 9.54. The number of rotatable bonds is 5. The molecule has 0 bridgehead atoms. The first-order valence-electron chi connectivity index (χ1n) is 7.19. The molecular formula is C14H24ClN3S2. The van der Waals surface area contributed by atoms with Gasteiger partial charge in [0.15, 0.2) is 0 Å². The number of halogens is 1. The van der Waals surface area contributed by atoms with Gasteiger partial charge < -0.3 is 5.32 Å². The van der Waals surface area contributed by atoms with Gasteiger partial charge in [-0.15, -0.1) is 0 Å². The van der Waals surface area contributed by atoms with Gasteiger partial charge in [-0.1, -0.05) is 25.4 Å². The largest absolute Gasteiger partial charge is 0.313 e. The molecule has 0 aliphatic carbocycles. The SMILES string of the molecule is CCNC(Cc1c(Cl)c(C)nn1C)C1SCCSC1C. The first-order valence-corrected chi connectivity index (χ1v) is 9.66. The van der Waals surface area contributed by atoms with Crippen LogP contribution in [0.2, 0.25) is 5.02 Å². The lowest BCUT2D eigenvalue weighted by Gasteiger charge is -2.35. The molecule has 6 heteroatoms. The van der Waals surface area contributed by atoms with Crippen molar-refractivity contribution in [3.8, 4) is 0 Å². The molecule has 1 fully saturated rings. The Labute approximate surface area is 135 Å². The number of nitrogens with zero attached hydrogens (tertiary/aromatic N) is 2. The van der Waals surface area contributed by atoms with Gasteiger partial charge in [-0.25, -0.2) is 0 Å². The van der Waals surface area contributed by atoms with E-state index >= 15 is 0 Å². The number of likely N-dealkylation sites (N-methyl/N-ethyl adjacent to an activating group) is 1. The average molecular weight is 334 g/mol. The highest BCUT2D eigenvalue weighted by Crippen LogP contribution is 2.34. The fraction of sp³-hybridized carbons (Fsp3) is 0.786. The highest BCUT2D eigenvalue weighted by molar-refractivity contribution is 8.07. The molecule has 1 aromatic rings. The van der Waals surface area contributed by atoms with Crippen molar-refractivity contribution in [2.75, 3.05) is 18.1 Å². The van der Waals surface area contributed by atoms with Gasteiger partial charge in [0.25, 0.3) is 0 Å². The Hall–Kier alpha value is 0.160. The third-order valence-corrected chi connectivity index (χ3v) is 7.52. The van der Waals surface area contributed by atoms with Crippen molar-refractivity contribution in [3.05, 3.63) is 16.4 Å². The van der Waals surface area contributed by atoms with Crippen LogP contribution in [0.4, 0.5) is 0 Å². The monoisotopic (exact) mass is 333 g/mol. The Morgan fingerprint density at radius 1 is 1.45 bits per heavy atom. The number of aromatic nitrogens is 2. The van der Waals surface area contributed by atoms with Crippen molar-refractivity contribution in [3.63, 3.8) is 0 Å². The molecule has 1 aliphatic heterocycles. The van der Waals surface area contributed by atoms with Crippen molar-refractivity contribution < 1.29 is 0 Å². The summed E-state index contributed by atoms with van der Waals surface area (Å²) in [5, 5.41) is 10.2. The smallest absolute Gasteiger partial charge is 0.0847 e. The van der Waals surface area contributed by atoms with Crippen LogP contribution in [-0.4, -0.2) is 44.4 Å². The van der Waals surface area contributed by atoms with Crippen molar-refractivity contribution >= 4 is 35.1 Å². The van der Waals surface area contributed by atoms with Gasteiger partial charge in [-0.05, 0) is 13.5 Å². The summed E-state index contributed by atoms with van der Waals surface area (Å²) in [6.07, 6.45) is 0.951. The van der Waals surface area contributed by atoms with Gasteiger partial charge in [0.05, 0.1) is 16.4 Å². The molecule has 0 aromatic carbocycles. The summed E-state index contributed by atoms with van der Waals surface area (Å²) in [4.78, 5) is 0. The van der Waals surface area contributed by atoms with Crippen LogP contribution in [-0.2, 0) is 13.5 Å². The predicted molar refractivity (Wildman–Crippen MR) is 92.3 cm³/mol. The van der Waals surface area contributed by atoms with Gasteiger partial charge in [0.2, 0.25) is 0 Å². The van der Waals surface area contributed by atoms with Gasteiger partial charge in [-0.3, -0.25) is 4.68 Å². The Morgan fingerprint density at radius 2 is 2.15 bits per heavy atom. The fourth-order valence-corrected chi connectivity index (χ4v) is 5.97. The van der Waals surface area contributed by atoms with E-state index in [0.717, 1.165) is 29.4 Å². The number of hydrogen-bond donors (Lipinski definition) is 1. The molecule has 20 heavy (non-hydrogen) atoms. The van der Waals surface area contributed by atoms with E-state index in [9.17, 15) is 0 Å². The highest BCUT2D eigenvalue weighted by atomic mass is 35.5. The minimum Gasteiger partial charge on any atom is -0.313 e. The molecule has 1 aliphatic rings. The summed E-state index contributed by atoms with van der Waals surface area (Å²) in [5.41, 5.74) is 2.08. The Balaban J connectivity index is 2.16. The van der Waals surface area contributed by atoms with Crippen LogP contribution < -0.4 is 5.32 Å². The maximum absolute atomic E-state index is 6.41. The van der Waals surface area contributed by atoms with Gasteiger partial charge in [-0.2, -0.15) is 28.6 Å². The number of hydrogen-bond acceptors (Lipinski definition) is 4. The highest BCUT2D eigenvalue weighted by Gasteiger charge is 2.31. The number of thioether (sulfide) groups is 2. The summed E-state index contributed by atoms with van der Waals surface area (Å²) in [6.45, 7) is 7.49. The van der Waals surface area contributed by atoms with E-state index in [-0.39, 0.29) is 0 Å². The molecule has 114 valence electrons. The van der Waals surface area contributed by atoms with Gasteiger partial charge in [0, 0.05) is 41.5 Å². The molecule has 1 N–H and O–H groups in total. The normalized spacial score (nSPS) is 24.9. The molecule has 3 nitrogen and oxygen atoms in total. The average Bonchev–Trinajstić information content (AvgIpc) is 2.65. The molecule has 3 atom stereocenters. The Morgan fingerprint density at radius 3 is 2.70 bits per heavy atom. The second-order valence-electron chi connectivity index (χ2n) is 5.25. The fourth-order valence-electron chi connectivity index (χ4n) is 2.77. The standard InChI is InChI=1S/C14H24ClN3S2/c1-5-16-11(14-10(3)19-6-7-20-14)8-12-13(15)9(2)17-18(12)4/h10-11,14,16H,5-8H2,1-4H3. The van der Waals surface area contributed by atoms with Crippen LogP contribution in [0, 0.1) is 6.92 Å². The lowest BCUT2D eigenvalue weighted by Crippen LogP contribution is -2.46. The molecule has 0 amide bonds. The maximum atomic E-state index is 6.41. The molecule has 2 heterocycles. The lowest BCUT2D eigenvalue weighted by molar-refractivity contribution is 0.486. The van der Waals surface area contributed by atoms with Crippen LogP contribution in [0.5, 0.6) is 0 Å². The van der Waals surface area contributed by atoms with Crippen LogP contribution in [0.15, 0.2) is 0 Å². The lowest BCUT2D eigenvalue weighted by atomic mass is 10.0. The summed E-state index contributed by atoms with van der Waals surface area (Å²) < 4.78 is 1.94. The third-order valence-electron chi connectivity index (χ3n) is 3.77. The predicted octanol–water partition coefficient (Wildman–Crippen LogP) is 3.14. The molecule has 1 saturated heterocycles. The van der Waals surface area contributed by atoms with Crippen molar-refractivity contribution in [1.29, 1.82) is 0 Å². The minimum absolute atomic E-state index is 0.458. The Kier molecular flexibility index (Phi) is 6.14. The van der Waals surface area contributed by atoms with Gasteiger partial charge >= 0.3 is 0 Å². The van der Waals surface area contributed by atoms with Crippen molar-refractivity contribution in [1.82, 2.24) is 15.1 Å². The van der Waals surface area contributed by atoms with Crippen LogP contribution in [0.25, 0.3) is 0 Å². The maximum Gasteiger partial charge on any atom is 0.0847 e. The van der Waals surface area contributed by atoms with E-state index in [1.54, 1.807) is 0 Å². The summed E-state index contributed by atoms with van der Waals surface area (Å²) in [6, 6.07) is 0.458. The van der Waals surface area contributed by atoms with Crippen LogP contribution in [0.3, 0.4) is 0 Å². The zero-order chi connectivity index (χ0) is 14.7. The summed E-state index contributed by atoms with van der Waals surface area (Å²) in [5.74, 6) is 2.52. The molecule has 3 unspecified atom stereocenters. The molecular weight excluding hydrogens is 310 g/mol. The third kappa shape index (κ3) is 3.67. The summed E-state index contributed by atoms with van der Waals surface area (Å²) in [7, 11) is 1.99. The molecule has 0 saturated carbocycles. The quantitative estimate of drug-likeness (QED) is 0.896. The second kappa shape index (κ2) is 7.43. The minimum atomic E-state index is 0.458. The van der Waals surface area contributed by atoms with Crippen molar-refractivity contribution in [2.24, 2.45) is 7.05 Å². The number of aryl methyl sites for hydroxylation is 2. The van der Waals surface area contributed by atoms with E-state index in [0.29, 0.717) is 16.5 Å². The van der Waals surface area contributed by atoms with E-state index in [2.05, 4.69) is 47.8 Å². The van der Waals surface area contributed by atoms with E-state index in [1.807, 2.05) is 18.7 Å². The molecule has 2 rings (SSSR count). The van der Waals surface area contributed by atoms with E-state index < -0.39 is 0 Å². The van der Waals surface area contributed by atoms with Crippen LogP contribution >= 0.6 is 35.1 Å². The zero-order valence-corrected chi connectivity index (χ0v) is 15.0. The molecule has 1 aromatic heterocycles. The number of nitrogens with one attached hydrogen (secondary N) is 1. The summed E-state index contributed by atoms with van der Waals surface area (Å²) >= 11 is 10.6. The Bertz CT molecular complexity index is 450. The van der Waals surface area contributed by atoms with Crippen molar-refractivity contribution in [2.45, 2.75) is 43.7 Å². The van der Waals surface area contributed by atoms with Crippen LogP contribution in [0.1, 0.15) is 25.2 Å². The zero-order valence-electron chi connectivity index (χ0n) is 12.6. The topological polar surface area (TPSA) is 29.9 Å². The van der Waals surface area contributed by atoms with Gasteiger partial charge in [0.1, 0.15) is 0 Å². The first kappa shape index (κ1) is 16.5.